The summed E-state index contributed by atoms with van der Waals surface area (Å²) >= 11 is 1.46. The van der Waals surface area contributed by atoms with Crippen molar-refractivity contribution in [2.45, 2.75) is 13.5 Å². The highest BCUT2D eigenvalue weighted by Gasteiger charge is 2.09. The second kappa shape index (κ2) is 8.75. The fraction of sp³-hybridized carbons (Fsp3) is 0.0952. The number of rotatable bonds is 7. The van der Waals surface area contributed by atoms with Gasteiger partial charge in [0.05, 0.1) is 5.69 Å². The Morgan fingerprint density at radius 1 is 1.17 bits per heavy atom. The zero-order valence-electron chi connectivity index (χ0n) is 15.9. The molecule has 2 N–H and O–H groups in total. The summed E-state index contributed by atoms with van der Waals surface area (Å²) in [6, 6.07) is 12.8. The largest absolute Gasteiger partial charge is 0.459 e. The topological polar surface area (TPSA) is 95.8 Å². The summed E-state index contributed by atoms with van der Waals surface area (Å²) in [5.74, 6) is 2.22. The fourth-order valence-corrected chi connectivity index (χ4v) is 3.24. The first-order valence-electron chi connectivity index (χ1n) is 8.93. The van der Waals surface area contributed by atoms with E-state index in [0.717, 1.165) is 22.2 Å². The normalized spacial score (nSPS) is 11.5. The molecule has 0 saturated carbocycles. The maximum Gasteiger partial charge on any atom is 0.219 e. The van der Waals surface area contributed by atoms with Crippen LogP contribution in [0.4, 0.5) is 4.39 Å². The fourth-order valence-electron chi connectivity index (χ4n) is 2.47. The molecule has 3 aromatic heterocycles. The molecule has 4 aromatic rings. The van der Waals surface area contributed by atoms with E-state index in [1.54, 1.807) is 12.1 Å². The minimum atomic E-state index is -0.334. The van der Waals surface area contributed by atoms with Crippen LogP contribution >= 0.6 is 11.3 Å². The van der Waals surface area contributed by atoms with Gasteiger partial charge in [-0.15, -0.1) is 11.3 Å². The number of ether oxygens (including phenoxy) is 1. The molecule has 0 aliphatic rings. The highest BCUT2D eigenvalue weighted by molar-refractivity contribution is 7.13. The molecule has 0 bridgehead atoms. The number of aromatic nitrogens is 2. The van der Waals surface area contributed by atoms with Crippen molar-refractivity contribution in [2.75, 3.05) is 0 Å². The molecule has 1 aromatic carbocycles. The molecule has 4 rings (SSSR count). The van der Waals surface area contributed by atoms with Gasteiger partial charge < -0.3 is 19.7 Å². The van der Waals surface area contributed by atoms with Crippen LogP contribution in [0.1, 0.15) is 17.0 Å². The van der Waals surface area contributed by atoms with E-state index in [2.05, 4.69) is 15.1 Å². The van der Waals surface area contributed by atoms with Crippen molar-refractivity contribution in [3.8, 4) is 22.4 Å². The molecule has 0 spiro atoms. The minimum Gasteiger partial charge on any atom is -0.459 e. The van der Waals surface area contributed by atoms with Gasteiger partial charge in [-0.25, -0.2) is 14.4 Å². The summed E-state index contributed by atoms with van der Waals surface area (Å²) < 4.78 is 24.0. The number of oxime groups is 1. The standard InChI is InChI=1S/C21H17FN4O3S/c1-13-2-8-18(28-13)21-25-16(12-30-21)11-27-26-20(23)14-3-9-19(24-10-14)29-17-6-4-15(22)5-7-17/h2-10,12H,11H2,1H3,(H2,23,26). The lowest BCUT2D eigenvalue weighted by Gasteiger charge is -2.05. The van der Waals surface area contributed by atoms with Crippen LogP contribution in [0.15, 0.2) is 69.7 Å². The van der Waals surface area contributed by atoms with Gasteiger partial charge in [-0.2, -0.15) is 0 Å². The number of hydrogen-bond donors (Lipinski definition) is 1. The van der Waals surface area contributed by atoms with Crippen LogP contribution in [0.25, 0.3) is 10.8 Å². The van der Waals surface area contributed by atoms with Crippen molar-refractivity contribution in [1.82, 2.24) is 9.97 Å². The SMILES string of the molecule is Cc1ccc(-c2nc(CO/N=C(/N)c3ccc(Oc4ccc(F)cc4)nc3)cs2)o1. The molecule has 0 amide bonds. The predicted molar refractivity (Wildman–Crippen MR) is 111 cm³/mol. The zero-order valence-corrected chi connectivity index (χ0v) is 16.7. The van der Waals surface area contributed by atoms with E-state index >= 15 is 0 Å². The lowest BCUT2D eigenvalue weighted by atomic mass is 10.3. The van der Waals surface area contributed by atoms with E-state index in [1.807, 2.05) is 24.4 Å². The Morgan fingerprint density at radius 2 is 2.00 bits per heavy atom. The molecule has 9 heteroatoms. The second-order valence-corrected chi connectivity index (χ2v) is 7.10. The predicted octanol–water partition coefficient (Wildman–Crippen LogP) is 4.88. The van der Waals surface area contributed by atoms with Crippen LogP contribution in [0.2, 0.25) is 0 Å². The number of amidine groups is 1. The minimum absolute atomic E-state index is 0.174. The highest BCUT2D eigenvalue weighted by Crippen LogP contribution is 2.26. The number of hydrogen-bond acceptors (Lipinski definition) is 7. The smallest absolute Gasteiger partial charge is 0.219 e. The van der Waals surface area contributed by atoms with E-state index < -0.39 is 0 Å². The van der Waals surface area contributed by atoms with Crippen LogP contribution in [0.3, 0.4) is 0 Å². The molecule has 0 fully saturated rings. The van der Waals surface area contributed by atoms with Crippen molar-refractivity contribution in [1.29, 1.82) is 0 Å². The summed E-state index contributed by atoms with van der Waals surface area (Å²) in [4.78, 5) is 13.9. The summed E-state index contributed by atoms with van der Waals surface area (Å²) in [6.07, 6.45) is 1.52. The number of thiazole rings is 1. The molecule has 0 aliphatic heterocycles. The monoisotopic (exact) mass is 424 g/mol. The van der Waals surface area contributed by atoms with Crippen molar-refractivity contribution in [2.24, 2.45) is 10.9 Å². The number of halogens is 1. The second-order valence-electron chi connectivity index (χ2n) is 6.25. The van der Waals surface area contributed by atoms with Gasteiger partial charge in [0.1, 0.15) is 17.3 Å². The van der Waals surface area contributed by atoms with Gasteiger partial charge in [-0.05, 0) is 49.4 Å². The van der Waals surface area contributed by atoms with Gasteiger partial charge in [0.25, 0.3) is 0 Å². The number of pyridine rings is 1. The lowest BCUT2D eigenvalue weighted by Crippen LogP contribution is -2.14. The Morgan fingerprint density at radius 3 is 2.70 bits per heavy atom. The maximum absolute atomic E-state index is 12.9. The van der Waals surface area contributed by atoms with E-state index in [0.29, 0.717) is 17.2 Å². The molecular weight excluding hydrogens is 407 g/mol. The van der Waals surface area contributed by atoms with Gasteiger partial charge >= 0.3 is 0 Å². The molecule has 30 heavy (non-hydrogen) atoms. The lowest BCUT2D eigenvalue weighted by molar-refractivity contribution is 0.128. The quantitative estimate of drug-likeness (QED) is 0.258. The number of benzene rings is 1. The number of aryl methyl sites for hydroxylation is 1. The third kappa shape index (κ3) is 4.81. The summed E-state index contributed by atoms with van der Waals surface area (Å²) in [7, 11) is 0. The Kier molecular flexibility index (Phi) is 5.71. The van der Waals surface area contributed by atoms with Crippen molar-refractivity contribution in [3.63, 3.8) is 0 Å². The Bertz CT molecular complexity index is 1150. The maximum atomic E-state index is 12.9. The average molecular weight is 424 g/mol. The third-order valence-electron chi connectivity index (χ3n) is 3.95. The number of nitrogens with zero attached hydrogens (tertiary/aromatic N) is 3. The first-order chi connectivity index (χ1) is 14.6. The molecule has 0 atom stereocenters. The number of nitrogens with two attached hydrogens (primary N) is 1. The summed E-state index contributed by atoms with van der Waals surface area (Å²) in [5.41, 5.74) is 7.25. The average Bonchev–Trinajstić information content (AvgIpc) is 3.39. The first kappa shape index (κ1) is 19.6. The van der Waals surface area contributed by atoms with Crippen LogP contribution in [0.5, 0.6) is 11.6 Å². The summed E-state index contributed by atoms with van der Waals surface area (Å²) in [5, 5.41) is 6.57. The number of furan rings is 1. The highest BCUT2D eigenvalue weighted by atomic mass is 32.1. The summed E-state index contributed by atoms with van der Waals surface area (Å²) in [6.45, 7) is 2.06. The van der Waals surface area contributed by atoms with Crippen LogP contribution in [-0.4, -0.2) is 15.8 Å². The van der Waals surface area contributed by atoms with Crippen molar-refractivity contribution < 1.29 is 18.4 Å². The van der Waals surface area contributed by atoms with Crippen LogP contribution in [0, 0.1) is 12.7 Å². The molecule has 3 heterocycles. The molecule has 0 unspecified atom stereocenters. The third-order valence-corrected chi connectivity index (χ3v) is 4.85. The van der Waals surface area contributed by atoms with Gasteiger partial charge in [0.2, 0.25) is 5.88 Å². The van der Waals surface area contributed by atoms with Crippen molar-refractivity contribution in [3.05, 3.63) is 82.9 Å². The molecule has 0 radical (unpaired) electrons. The molecular formula is C21H17FN4O3S. The van der Waals surface area contributed by atoms with E-state index in [9.17, 15) is 4.39 Å². The zero-order chi connectivity index (χ0) is 20.9. The molecule has 7 nitrogen and oxygen atoms in total. The first-order valence-corrected chi connectivity index (χ1v) is 9.81. The Hall–Kier alpha value is -3.72. The van der Waals surface area contributed by atoms with E-state index in [-0.39, 0.29) is 18.3 Å². The van der Waals surface area contributed by atoms with Crippen molar-refractivity contribution >= 4 is 17.2 Å². The van der Waals surface area contributed by atoms with Gasteiger partial charge in [-0.3, -0.25) is 0 Å². The molecule has 152 valence electrons. The van der Waals surface area contributed by atoms with Crippen LogP contribution < -0.4 is 10.5 Å². The van der Waals surface area contributed by atoms with Gasteiger partial charge in [0, 0.05) is 23.2 Å². The Labute approximate surface area is 175 Å². The van der Waals surface area contributed by atoms with E-state index in [4.69, 9.17) is 19.7 Å². The Balaban J connectivity index is 1.33. The van der Waals surface area contributed by atoms with Gasteiger partial charge in [-0.1, -0.05) is 5.16 Å². The van der Waals surface area contributed by atoms with Gasteiger partial charge in [0.15, 0.2) is 23.2 Å². The van der Waals surface area contributed by atoms with Crippen LogP contribution in [-0.2, 0) is 11.4 Å². The van der Waals surface area contributed by atoms with E-state index in [1.165, 1.54) is 41.8 Å². The molecule has 0 saturated heterocycles. The molecule has 0 aliphatic carbocycles.